The number of hydrogen-bond donors (Lipinski definition) is 2. The Hall–Kier alpha value is -2.73. The number of rotatable bonds is 6. The summed E-state index contributed by atoms with van der Waals surface area (Å²) in [5.74, 6) is -0.295. The van der Waals surface area contributed by atoms with E-state index in [2.05, 4.69) is 5.32 Å². The maximum absolute atomic E-state index is 12.2. The van der Waals surface area contributed by atoms with Gasteiger partial charge in [-0.3, -0.25) is 14.9 Å². The molecule has 2 rings (SSSR count). The van der Waals surface area contributed by atoms with Gasteiger partial charge in [0.25, 0.3) is 5.69 Å². The lowest BCUT2D eigenvalue weighted by Crippen LogP contribution is -2.32. The fourth-order valence-electron chi connectivity index (χ4n) is 2.40. The highest BCUT2D eigenvalue weighted by atomic mass is 16.6. The molecular formula is C17H18N2O4. The smallest absolute Gasteiger partial charge is 0.272 e. The molecular weight excluding hydrogens is 296 g/mol. The zero-order chi connectivity index (χ0) is 16.8. The monoisotopic (exact) mass is 314 g/mol. The molecule has 23 heavy (non-hydrogen) atoms. The number of hydrogen-bond acceptors (Lipinski definition) is 4. The number of amides is 1. The predicted molar refractivity (Wildman–Crippen MR) is 85.9 cm³/mol. The van der Waals surface area contributed by atoms with Gasteiger partial charge in [0.1, 0.15) is 0 Å². The molecule has 0 saturated carbocycles. The number of nitrogens with one attached hydrogen (secondary N) is 1. The van der Waals surface area contributed by atoms with Crippen LogP contribution in [-0.4, -0.2) is 22.5 Å². The fraction of sp³-hybridized carbons (Fsp3) is 0.235. The van der Waals surface area contributed by atoms with Crippen LogP contribution in [0.1, 0.15) is 22.7 Å². The highest BCUT2D eigenvalue weighted by Crippen LogP contribution is 2.21. The van der Waals surface area contributed by atoms with Gasteiger partial charge in [0.15, 0.2) is 0 Å². The number of aliphatic hydroxyl groups excluding tert-OH is 1. The maximum atomic E-state index is 12.2. The lowest BCUT2D eigenvalue weighted by atomic mass is 10.0. The second-order valence-corrected chi connectivity index (χ2v) is 5.21. The number of carbonyl (C=O) groups excluding carboxylic acids is 1. The molecule has 1 atom stereocenters. The summed E-state index contributed by atoms with van der Waals surface area (Å²) < 4.78 is 0. The molecule has 2 aromatic carbocycles. The van der Waals surface area contributed by atoms with Crippen molar-refractivity contribution in [2.24, 2.45) is 0 Å². The van der Waals surface area contributed by atoms with Crippen LogP contribution in [0.5, 0.6) is 0 Å². The van der Waals surface area contributed by atoms with Gasteiger partial charge >= 0.3 is 0 Å². The quantitative estimate of drug-likeness (QED) is 0.632. The number of nitro groups is 1. The summed E-state index contributed by atoms with van der Waals surface area (Å²) in [5.41, 5.74) is 1.88. The molecule has 0 heterocycles. The second kappa shape index (κ2) is 7.51. The van der Waals surface area contributed by atoms with E-state index in [4.69, 9.17) is 0 Å². The number of nitrogens with zero attached hydrogens (tertiary/aromatic N) is 1. The van der Waals surface area contributed by atoms with Crippen molar-refractivity contribution in [2.75, 3.05) is 6.61 Å². The van der Waals surface area contributed by atoms with Crippen molar-refractivity contribution in [1.82, 2.24) is 5.32 Å². The van der Waals surface area contributed by atoms with Crippen molar-refractivity contribution in [2.45, 2.75) is 19.4 Å². The molecule has 2 aromatic rings. The summed E-state index contributed by atoms with van der Waals surface area (Å²) in [7, 11) is 0. The van der Waals surface area contributed by atoms with Crippen LogP contribution in [0.3, 0.4) is 0 Å². The van der Waals surface area contributed by atoms with Crippen LogP contribution >= 0.6 is 0 Å². The summed E-state index contributed by atoms with van der Waals surface area (Å²) in [6.07, 6.45) is 0.0246. The molecule has 0 aliphatic carbocycles. The Bertz CT molecular complexity index is 701. The SMILES string of the molecule is Cc1c(CC(=O)N[C@H](CO)c2ccccc2)cccc1[N+](=O)[O-]. The molecule has 6 heteroatoms. The molecule has 2 N–H and O–H groups in total. The molecule has 0 aliphatic heterocycles. The van der Waals surface area contributed by atoms with Gasteiger partial charge in [-0.2, -0.15) is 0 Å². The minimum absolute atomic E-state index is 0.00272. The van der Waals surface area contributed by atoms with Gasteiger partial charge in [-0.05, 0) is 18.1 Å². The van der Waals surface area contributed by atoms with Crippen LogP contribution in [0.2, 0.25) is 0 Å². The molecule has 0 radical (unpaired) electrons. The zero-order valence-corrected chi connectivity index (χ0v) is 12.7. The number of nitro benzene ring substituents is 1. The molecule has 0 bridgehead atoms. The standard InChI is InChI=1S/C17H18N2O4/c1-12-14(8-5-9-16(12)19(22)23)10-17(21)18-15(11-20)13-6-3-2-4-7-13/h2-9,15,20H,10-11H2,1H3,(H,18,21)/t15-/m1/s1. The van der Waals surface area contributed by atoms with Crippen LogP contribution in [-0.2, 0) is 11.2 Å². The number of benzene rings is 2. The van der Waals surface area contributed by atoms with Crippen molar-refractivity contribution in [3.05, 3.63) is 75.3 Å². The van der Waals surface area contributed by atoms with Crippen LogP contribution < -0.4 is 5.32 Å². The predicted octanol–water partition coefficient (Wildman–Crippen LogP) is 2.30. The minimum atomic E-state index is -0.497. The maximum Gasteiger partial charge on any atom is 0.272 e. The molecule has 0 saturated heterocycles. The Kier molecular flexibility index (Phi) is 5.43. The zero-order valence-electron chi connectivity index (χ0n) is 12.7. The van der Waals surface area contributed by atoms with Crippen molar-refractivity contribution in [3.8, 4) is 0 Å². The lowest BCUT2D eigenvalue weighted by Gasteiger charge is -2.17. The topological polar surface area (TPSA) is 92.5 Å². The third-order valence-corrected chi connectivity index (χ3v) is 3.68. The molecule has 120 valence electrons. The van der Waals surface area contributed by atoms with E-state index in [1.54, 1.807) is 19.1 Å². The van der Waals surface area contributed by atoms with Crippen molar-refractivity contribution in [3.63, 3.8) is 0 Å². The molecule has 0 spiro atoms. The Labute approximate surface area is 133 Å². The van der Waals surface area contributed by atoms with Gasteiger partial charge in [0, 0.05) is 11.6 Å². The van der Waals surface area contributed by atoms with E-state index in [1.165, 1.54) is 6.07 Å². The molecule has 0 aromatic heterocycles. The van der Waals surface area contributed by atoms with E-state index >= 15 is 0 Å². The van der Waals surface area contributed by atoms with Gasteiger partial charge in [0.05, 0.1) is 24.0 Å². The Morgan fingerprint density at radius 2 is 1.91 bits per heavy atom. The summed E-state index contributed by atoms with van der Waals surface area (Å²) in [6.45, 7) is 1.41. The van der Waals surface area contributed by atoms with Crippen LogP contribution in [0.15, 0.2) is 48.5 Å². The van der Waals surface area contributed by atoms with E-state index < -0.39 is 11.0 Å². The average Bonchev–Trinajstić information content (AvgIpc) is 2.55. The van der Waals surface area contributed by atoms with Crippen molar-refractivity contribution >= 4 is 11.6 Å². The first-order valence-corrected chi connectivity index (χ1v) is 7.21. The third-order valence-electron chi connectivity index (χ3n) is 3.68. The normalized spacial score (nSPS) is 11.7. The second-order valence-electron chi connectivity index (χ2n) is 5.21. The van der Waals surface area contributed by atoms with E-state index in [0.29, 0.717) is 11.1 Å². The van der Waals surface area contributed by atoms with Gasteiger partial charge in [-0.15, -0.1) is 0 Å². The highest BCUT2D eigenvalue weighted by molar-refractivity contribution is 5.79. The van der Waals surface area contributed by atoms with E-state index in [0.717, 1.165) is 5.56 Å². The molecule has 6 nitrogen and oxygen atoms in total. The highest BCUT2D eigenvalue weighted by Gasteiger charge is 2.17. The number of aliphatic hydroxyl groups is 1. The summed E-state index contributed by atoms with van der Waals surface area (Å²) in [4.78, 5) is 22.7. The molecule has 0 unspecified atom stereocenters. The first-order chi connectivity index (χ1) is 11.0. The van der Waals surface area contributed by atoms with Gasteiger partial charge in [-0.25, -0.2) is 0 Å². The molecule has 0 aliphatic rings. The van der Waals surface area contributed by atoms with E-state index in [9.17, 15) is 20.0 Å². The average molecular weight is 314 g/mol. The lowest BCUT2D eigenvalue weighted by molar-refractivity contribution is -0.385. The van der Waals surface area contributed by atoms with Crippen LogP contribution in [0.4, 0.5) is 5.69 Å². The van der Waals surface area contributed by atoms with Gasteiger partial charge in [-0.1, -0.05) is 42.5 Å². The Morgan fingerprint density at radius 3 is 2.52 bits per heavy atom. The van der Waals surface area contributed by atoms with Crippen LogP contribution in [0.25, 0.3) is 0 Å². The summed E-state index contributed by atoms with van der Waals surface area (Å²) >= 11 is 0. The summed E-state index contributed by atoms with van der Waals surface area (Å²) in [6, 6.07) is 13.3. The molecule has 1 amide bonds. The Balaban J connectivity index is 2.10. The summed E-state index contributed by atoms with van der Waals surface area (Å²) in [5, 5.41) is 23.2. The van der Waals surface area contributed by atoms with Gasteiger partial charge < -0.3 is 10.4 Å². The van der Waals surface area contributed by atoms with Gasteiger partial charge in [0.2, 0.25) is 5.91 Å². The molecule has 0 fully saturated rings. The fourth-order valence-corrected chi connectivity index (χ4v) is 2.40. The van der Waals surface area contributed by atoms with E-state index in [-0.39, 0.29) is 24.6 Å². The minimum Gasteiger partial charge on any atom is -0.394 e. The Morgan fingerprint density at radius 1 is 1.22 bits per heavy atom. The van der Waals surface area contributed by atoms with Crippen molar-refractivity contribution in [1.29, 1.82) is 0 Å². The largest absolute Gasteiger partial charge is 0.394 e. The number of carbonyl (C=O) groups is 1. The first-order valence-electron chi connectivity index (χ1n) is 7.21. The third kappa shape index (κ3) is 4.14. The van der Waals surface area contributed by atoms with E-state index in [1.807, 2.05) is 30.3 Å². The van der Waals surface area contributed by atoms with Crippen molar-refractivity contribution < 1.29 is 14.8 Å². The first kappa shape index (κ1) is 16.6. The van der Waals surface area contributed by atoms with Crippen LogP contribution in [0, 0.1) is 17.0 Å².